The van der Waals surface area contributed by atoms with E-state index < -0.39 is 0 Å². The van der Waals surface area contributed by atoms with Gasteiger partial charge in [0.2, 0.25) is 5.28 Å². The molecule has 0 aliphatic carbocycles. The maximum Gasteiger partial charge on any atom is 0.229 e. The molecule has 0 aliphatic rings. The number of halogens is 2. The van der Waals surface area contributed by atoms with Crippen molar-refractivity contribution in [2.24, 2.45) is 0 Å². The fraction of sp³-hybridized carbons (Fsp3) is 0.200. The van der Waals surface area contributed by atoms with E-state index in [1.807, 2.05) is 6.92 Å². The fourth-order valence-electron chi connectivity index (χ4n) is 1.37. The Balaban J connectivity index is 2.52. The van der Waals surface area contributed by atoms with Gasteiger partial charge in [-0.05, 0) is 35.9 Å². The van der Waals surface area contributed by atoms with Gasteiger partial charge in [0.1, 0.15) is 11.6 Å². The van der Waals surface area contributed by atoms with E-state index in [1.165, 1.54) is 12.1 Å². The second-order valence-electron chi connectivity index (χ2n) is 3.05. The van der Waals surface area contributed by atoms with E-state index in [2.05, 4.69) is 10.2 Å². The van der Waals surface area contributed by atoms with Gasteiger partial charge in [-0.3, -0.25) is 4.57 Å². The van der Waals surface area contributed by atoms with Crippen molar-refractivity contribution in [1.29, 1.82) is 0 Å². The molecule has 78 valence electrons. The van der Waals surface area contributed by atoms with Crippen molar-refractivity contribution in [3.05, 3.63) is 41.2 Å². The summed E-state index contributed by atoms with van der Waals surface area (Å²) >= 11 is 5.89. The number of hydrogen-bond acceptors (Lipinski definition) is 2. The van der Waals surface area contributed by atoms with Crippen molar-refractivity contribution in [1.82, 2.24) is 14.8 Å². The Labute approximate surface area is 91.5 Å². The zero-order chi connectivity index (χ0) is 10.8. The SMILES string of the molecule is CCc1nnc(Cl)n1-c1ccc(F)cc1. The molecule has 2 rings (SSSR count). The van der Waals surface area contributed by atoms with E-state index >= 15 is 0 Å². The molecule has 2 aromatic rings. The molecule has 5 heteroatoms. The van der Waals surface area contributed by atoms with Gasteiger partial charge in [-0.2, -0.15) is 0 Å². The molecule has 0 radical (unpaired) electrons. The molecule has 0 amide bonds. The predicted octanol–water partition coefficient (Wildman–Crippen LogP) is 2.62. The van der Waals surface area contributed by atoms with Gasteiger partial charge in [0.25, 0.3) is 0 Å². The smallest absolute Gasteiger partial charge is 0.229 e. The van der Waals surface area contributed by atoms with Crippen molar-refractivity contribution in [3.63, 3.8) is 0 Å². The average Bonchev–Trinajstić information content (AvgIpc) is 2.61. The Morgan fingerprint density at radius 3 is 2.53 bits per heavy atom. The van der Waals surface area contributed by atoms with Crippen LogP contribution in [0.15, 0.2) is 24.3 Å². The summed E-state index contributed by atoms with van der Waals surface area (Å²) in [5, 5.41) is 7.98. The summed E-state index contributed by atoms with van der Waals surface area (Å²) in [4.78, 5) is 0. The van der Waals surface area contributed by atoms with Crippen LogP contribution in [0.5, 0.6) is 0 Å². The number of aryl methyl sites for hydroxylation is 1. The summed E-state index contributed by atoms with van der Waals surface area (Å²) in [5.41, 5.74) is 0.767. The normalized spacial score (nSPS) is 10.6. The highest BCUT2D eigenvalue weighted by Crippen LogP contribution is 2.17. The largest absolute Gasteiger partial charge is 0.270 e. The Morgan fingerprint density at radius 2 is 1.93 bits per heavy atom. The second kappa shape index (κ2) is 3.98. The minimum Gasteiger partial charge on any atom is -0.270 e. The van der Waals surface area contributed by atoms with Crippen LogP contribution in [0, 0.1) is 5.82 Å². The number of benzene rings is 1. The summed E-state index contributed by atoms with van der Waals surface area (Å²) in [6, 6.07) is 6.05. The van der Waals surface area contributed by atoms with E-state index in [0.717, 1.165) is 17.9 Å². The third-order valence-corrected chi connectivity index (χ3v) is 2.34. The minimum atomic E-state index is -0.277. The highest BCUT2D eigenvalue weighted by molar-refractivity contribution is 6.28. The van der Waals surface area contributed by atoms with Crippen LogP contribution in [0.1, 0.15) is 12.7 Å². The van der Waals surface area contributed by atoms with Gasteiger partial charge in [-0.25, -0.2) is 4.39 Å². The van der Waals surface area contributed by atoms with Crippen LogP contribution in [-0.4, -0.2) is 14.8 Å². The summed E-state index contributed by atoms with van der Waals surface area (Å²) in [5.74, 6) is 0.479. The fourth-order valence-corrected chi connectivity index (χ4v) is 1.60. The Hall–Kier alpha value is -1.42. The molecule has 0 atom stereocenters. The minimum absolute atomic E-state index is 0.277. The van der Waals surface area contributed by atoms with Crippen molar-refractivity contribution < 1.29 is 4.39 Å². The Bertz CT molecular complexity index is 464. The highest BCUT2D eigenvalue weighted by atomic mass is 35.5. The van der Waals surface area contributed by atoms with E-state index in [9.17, 15) is 4.39 Å². The predicted molar refractivity (Wildman–Crippen MR) is 55.7 cm³/mol. The van der Waals surface area contributed by atoms with Gasteiger partial charge in [-0.15, -0.1) is 10.2 Å². The zero-order valence-electron chi connectivity index (χ0n) is 8.11. The summed E-state index contributed by atoms with van der Waals surface area (Å²) < 4.78 is 14.4. The molecule has 0 fully saturated rings. The lowest BCUT2D eigenvalue weighted by molar-refractivity contribution is 0.627. The van der Waals surface area contributed by atoms with E-state index in [0.29, 0.717) is 5.28 Å². The number of aromatic nitrogens is 3. The molecular weight excluding hydrogens is 217 g/mol. The van der Waals surface area contributed by atoms with Crippen molar-refractivity contribution in [3.8, 4) is 5.69 Å². The first-order valence-electron chi connectivity index (χ1n) is 4.58. The van der Waals surface area contributed by atoms with Gasteiger partial charge >= 0.3 is 0 Å². The van der Waals surface area contributed by atoms with Crippen molar-refractivity contribution >= 4 is 11.6 Å². The third kappa shape index (κ3) is 1.85. The highest BCUT2D eigenvalue weighted by Gasteiger charge is 2.09. The molecular formula is C10H9ClFN3. The van der Waals surface area contributed by atoms with Crippen molar-refractivity contribution in [2.75, 3.05) is 0 Å². The first-order chi connectivity index (χ1) is 7.22. The van der Waals surface area contributed by atoms with Crippen LogP contribution in [0.3, 0.4) is 0 Å². The Morgan fingerprint density at radius 1 is 1.27 bits per heavy atom. The quantitative estimate of drug-likeness (QED) is 0.787. The molecule has 0 N–H and O–H groups in total. The molecule has 0 spiro atoms. The van der Waals surface area contributed by atoms with Gasteiger partial charge in [0.15, 0.2) is 0 Å². The van der Waals surface area contributed by atoms with Crippen LogP contribution in [-0.2, 0) is 6.42 Å². The molecule has 0 bridgehead atoms. The zero-order valence-corrected chi connectivity index (χ0v) is 8.87. The van der Waals surface area contributed by atoms with E-state index in [1.54, 1.807) is 16.7 Å². The van der Waals surface area contributed by atoms with Gasteiger partial charge in [0, 0.05) is 12.1 Å². The molecule has 1 heterocycles. The molecule has 0 saturated carbocycles. The molecule has 3 nitrogen and oxygen atoms in total. The summed E-state index contributed by atoms with van der Waals surface area (Å²) in [6.45, 7) is 1.96. The van der Waals surface area contributed by atoms with Crippen LogP contribution >= 0.6 is 11.6 Å². The first kappa shape index (κ1) is 10.1. The number of nitrogens with zero attached hydrogens (tertiary/aromatic N) is 3. The summed E-state index contributed by atoms with van der Waals surface area (Å²) in [6.07, 6.45) is 0.719. The van der Waals surface area contributed by atoms with E-state index in [-0.39, 0.29) is 5.82 Å². The van der Waals surface area contributed by atoms with Gasteiger partial charge in [-0.1, -0.05) is 6.92 Å². The van der Waals surface area contributed by atoms with Crippen LogP contribution in [0.4, 0.5) is 4.39 Å². The standard InChI is InChI=1S/C10H9ClFN3/c1-2-9-13-14-10(11)15(9)8-5-3-7(12)4-6-8/h3-6H,2H2,1H3. The lowest BCUT2D eigenvalue weighted by atomic mass is 10.3. The maximum atomic E-state index is 12.7. The first-order valence-corrected chi connectivity index (χ1v) is 4.96. The maximum absolute atomic E-state index is 12.7. The molecule has 1 aromatic carbocycles. The molecule has 0 unspecified atom stereocenters. The van der Waals surface area contributed by atoms with Gasteiger partial charge in [0.05, 0.1) is 0 Å². The molecule has 15 heavy (non-hydrogen) atoms. The van der Waals surface area contributed by atoms with E-state index in [4.69, 9.17) is 11.6 Å². The number of rotatable bonds is 2. The second-order valence-corrected chi connectivity index (χ2v) is 3.39. The third-order valence-electron chi connectivity index (χ3n) is 2.09. The van der Waals surface area contributed by atoms with Crippen LogP contribution in [0.25, 0.3) is 5.69 Å². The molecule has 0 aliphatic heterocycles. The van der Waals surface area contributed by atoms with Crippen molar-refractivity contribution in [2.45, 2.75) is 13.3 Å². The topological polar surface area (TPSA) is 30.7 Å². The lowest BCUT2D eigenvalue weighted by Crippen LogP contribution is -2.00. The lowest BCUT2D eigenvalue weighted by Gasteiger charge is -2.05. The van der Waals surface area contributed by atoms with Crippen LogP contribution < -0.4 is 0 Å². The average molecular weight is 226 g/mol. The Kier molecular flexibility index (Phi) is 2.68. The summed E-state index contributed by atoms with van der Waals surface area (Å²) in [7, 11) is 0. The van der Waals surface area contributed by atoms with Crippen LogP contribution in [0.2, 0.25) is 5.28 Å². The van der Waals surface area contributed by atoms with Gasteiger partial charge < -0.3 is 0 Å². The molecule has 0 saturated heterocycles. The molecule has 1 aromatic heterocycles. The monoisotopic (exact) mass is 225 g/mol. The number of hydrogen-bond donors (Lipinski definition) is 0.